The molecule has 2 rings (SSSR count). The zero-order valence-corrected chi connectivity index (χ0v) is 14.6. The number of amides is 2. The number of carbonyl (C=O) groups is 2. The first-order valence-electron chi connectivity index (χ1n) is 7.39. The quantitative estimate of drug-likeness (QED) is 0.834. The van der Waals surface area contributed by atoms with Crippen molar-refractivity contribution in [3.05, 3.63) is 64.6 Å². The molecule has 0 heterocycles. The van der Waals surface area contributed by atoms with Crippen LogP contribution in [-0.2, 0) is 4.79 Å². The second kappa shape index (κ2) is 7.92. The molecule has 120 valence electrons. The van der Waals surface area contributed by atoms with Gasteiger partial charge in [-0.2, -0.15) is 0 Å². The Morgan fingerprint density at radius 3 is 2.30 bits per heavy atom. The van der Waals surface area contributed by atoms with Crippen LogP contribution in [0.3, 0.4) is 0 Å². The van der Waals surface area contributed by atoms with Gasteiger partial charge in [0.2, 0.25) is 5.91 Å². The number of rotatable bonds is 5. The molecular formula is C18H19BrN2O2. The molecule has 0 bridgehead atoms. The molecule has 0 fully saturated rings. The molecule has 0 radical (unpaired) electrons. The lowest BCUT2D eigenvalue weighted by Gasteiger charge is -2.22. The summed E-state index contributed by atoms with van der Waals surface area (Å²) in [5.41, 5.74) is 1.22. The van der Waals surface area contributed by atoms with Gasteiger partial charge in [0.05, 0.1) is 0 Å². The average molecular weight is 375 g/mol. The lowest BCUT2D eigenvalue weighted by molar-refractivity contribution is -0.118. The van der Waals surface area contributed by atoms with Gasteiger partial charge in [-0.05, 0) is 36.2 Å². The molecule has 1 atom stereocenters. The highest BCUT2D eigenvalue weighted by Gasteiger charge is 2.24. The van der Waals surface area contributed by atoms with E-state index < -0.39 is 6.04 Å². The summed E-state index contributed by atoms with van der Waals surface area (Å²) in [6.45, 7) is 3.80. The summed E-state index contributed by atoms with van der Waals surface area (Å²) in [6, 6.07) is 15.6. The molecule has 5 heteroatoms. The molecular weight excluding hydrogens is 356 g/mol. The van der Waals surface area contributed by atoms with Crippen molar-refractivity contribution in [3.8, 4) is 0 Å². The smallest absolute Gasteiger partial charge is 0.251 e. The molecule has 0 aliphatic heterocycles. The third-order valence-corrected chi connectivity index (χ3v) is 3.86. The average Bonchev–Trinajstić information content (AvgIpc) is 2.52. The molecule has 0 aliphatic carbocycles. The van der Waals surface area contributed by atoms with Crippen LogP contribution in [0.1, 0.15) is 24.2 Å². The molecule has 0 aliphatic rings. The third kappa shape index (κ3) is 4.93. The first-order chi connectivity index (χ1) is 11.0. The van der Waals surface area contributed by atoms with Crippen LogP contribution in [0, 0.1) is 5.92 Å². The van der Waals surface area contributed by atoms with E-state index in [1.165, 1.54) is 0 Å². The second-order valence-corrected chi connectivity index (χ2v) is 6.48. The monoisotopic (exact) mass is 374 g/mol. The van der Waals surface area contributed by atoms with Gasteiger partial charge in [0.1, 0.15) is 6.04 Å². The van der Waals surface area contributed by atoms with Crippen LogP contribution in [0.4, 0.5) is 5.69 Å². The minimum absolute atomic E-state index is 0.0326. The van der Waals surface area contributed by atoms with Crippen LogP contribution in [0.5, 0.6) is 0 Å². The third-order valence-electron chi connectivity index (χ3n) is 3.36. The molecule has 2 aromatic carbocycles. The number of anilines is 1. The summed E-state index contributed by atoms with van der Waals surface area (Å²) >= 11 is 3.37. The summed E-state index contributed by atoms with van der Waals surface area (Å²) in [7, 11) is 0. The predicted octanol–water partition coefficient (Wildman–Crippen LogP) is 3.84. The fourth-order valence-corrected chi connectivity index (χ4v) is 2.53. The lowest BCUT2D eigenvalue weighted by Crippen LogP contribution is -2.47. The number of hydrogen-bond donors (Lipinski definition) is 2. The molecule has 0 aromatic heterocycles. The van der Waals surface area contributed by atoms with Crippen LogP contribution in [0.2, 0.25) is 0 Å². The molecule has 23 heavy (non-hydrogen) atoms. The molecule has 0 spiro atoms. The molecule has 2 aromatic rings. The summed E-state index contributed by atoms with van der Waals surface area (Å²) in [6.07, 6.45) is 0. The maximum Gasteiger partial charge on any atom is 0.251 e. The van der Waals surface area contributed by atoms with Gasteiger partial charge < -0.3 is 10.6 Å². The first kappa shape index (κ1) is 17.2. The van der Waals surface area contributed by atoms with Gasteiger partial charge in [-0.15, -0.1) is 0 Å². The van der Waals surface area contributed by atoms with Crippen LogP contribution in [0.15, 0.2) is 59.1 Å². The Morgan fingerprint density at radius 1 is 1.00 bits per heavy atom. The van der Waals surface area contributed by atoms with Crippen molar-refractivity contribution in [3.63, 3.8) is 0 Å². The molecule has 2 amide bonds. The molecule has 2 N–H and O–H groups in total. The first-order valence-corrected chi connectivity index (χ1v) is 8.19. The zero-order valence-electron chi connectivity index (χ0n) is 13.0. The fourth-order valence-electron chi connectivity index (χ4n) is 2.14. The van der Waals surface area contributed by atoms with E-state index in [0.29, 0.717) is 11.3 Å². The molecule has 4 nitrogen and oxygen atoms in total. The summed E-state index contributed by atoms with van der Waals surface area (Å²) < 4.78 is 0.879. The minimum Gasteiger partial charge on any atom is -0.340 e. The van der Waals surface area contributed by atoms with E-state index in [2.05, 4.69) is 26.6 Å². The number of hydrogen-bond acceptors (Lipinski definition) is 2. The van der Waals surface area contributed by atoms with Gasteiger partial charge in [0.15, 0.2) is 0 Å². The standard InChI is InChI=1S/C18H19BrN2O2/c1-12(2)16(21-17(22)13-7-4-3-5-8-13)18(23)20-15-10-6-9-14(19)11-15/h3-12,16H,1-2H3,(H,20,23)(H,21,22). The van der Waals surface area contributed by atoms with Crippen molar-refractivity contribution in [1.82, 2.24) is 5.32 Å². The Hall–Kier alpha value is -2.14. The normalized spacial score (nSPS) is 11.8. The van der Waals surface area contributed by atoms with E-state index in [-0.39, 0.29) is 17.7 Å². The molecule has 0 saturated carbocycles. The van der Waals surface area contributed by atoms with E-state index in [4.69, 9.17) is 0 Å². The Kier molecular flexibility index (Phi) is 5.93. The predicted molar refractivity (Wildman–Crippen MR) is 95.3 cm³/mol. The number of carbonyl (C=O) groups excluding carboxylic acids is 2. The Balaban J connectivity index is 2.09. The Morgan fingerprint density at radius 2 is 1.70 bits per heavy atom. The van der Waals surface area contributed by atoms with Gasteiger partial charge in [0.25, 0.3) is 5.91 Å². The van der Waals surface area contributed by atoms with Crippen LogP contribution >= 0.6 is 15.9 Å². The zero-order chi connectivity index (χ0) is 16.8. The topological polar surface area (TPSA) is 58.2 Å². The highest BCUT2D eigenvalue weighted by Crippen LogP contribution is 2.16. The lowest BCUT2D eigenvalue weighted by atomic mass is 10.0. The number of nitrogens with one attached hydrogen (secondary N) is 2. The van der Waals surface area contributed by atoms with Crippen LogP contribution in [0.25, 0.3) is 0 Å². The maximum atomic E-state index is 12.5. The van der Waals surface area contributed by atoms with E-state index in [9.17, 15) is 9.59 Å². The van der Waals surface area contributed by atoms with E-state index in [1.54, 1.807) is 30.3 Å². The minimum atomic E-state index is -0.610. The van der Waals surface area contributed by atoms with Crippen LogP contribution in [-0.4, -0.2) is 17.9 Å². The molecule has 1 unspecified atom stereocenters. The van der Waals surface area contributed by atoms with Crippen molar-refractivity contribution < 1.29 is 9.59 Å². The second-order valence-electron chi connectivity index (χ2n) is 5.56. The van der Waals surface area contributed by atoms with Crippen molar-refractivity contribution >= 4 is 33.4 Å². The van der Waals surface area contributed by atoms with Crippen molar-refractivity contribution in [1.29, 1.82) is 0 Å². The SMILES string of the molecule is CC(C)C(NC(=O)c1ccccc1)C(=O)Nc1cccc(Br)c1. The summed E-state index contributed by atoms with van der Waals surface area (Å²) in [4.78, 5) is 24.8. The Bertz CT molecular complexity index is 686. The highest BCUT2D eigenvalue weighted by atomic mass is 79.9. The summed E-state index contributed by atoms with van der Waals surface area (Å²) in [5, 5.41) is 5.64. The summed E-state index contributed by atoms with van der Waals surface area (Å²) in [5.74, 6) is -0.522. The van der Waals surface area contributed by atoms with Gasteiger partial charge in [-0.3, -0.25) is 9.59 Å². The number of halogens is 1. The molecule has 0 saturated heterocycles. The largest absolute Gasteiger partial charge is 0.340 e. The van der Waals surface area contributed by atoms with Gasteiger partial charge in [-0.1, -0.05) is 54.0 Å². The maximum absolute atomic E-state index is 12.5. The van der Waals surface area contributed by atoms with Gasteiger partial charge >= 0.3 is 0 Å². The van der Waals surface area contributed by atoms with Crippen molar-refractivity contribution in [2.45, 2.75) is 19.9 Å². The Labute approximate surface area is 144 Å². The highest BCUT2D eigenvalue weighted by molar-refractivity contribution is 9.10. The fraction of sp³-hybridized carbons (Fsp3) is 0.222. The van der Waals surface area contributed by atoms with Gasteiger partial charge in [0, 0.05) is 15.7 Å². The van der Waals surface area contributed by atoms with Gasteiger partial charge in [-0.25, -0.2) is 0 Å². The van der Waals surface area contributed by atoms with E-state index in [0.717, 1.165) is 4.47 Å². The van der Waals surface area contributed by atoms with Crippen LogP contribution < -0.4 is 10.6 Å². The van der Waals surface area contributed by atoms with Crippen molar-refractivity contribution in [2.75, 3.05) is 5.32 Å². The van der Waals surface area contributed by atoms with Crippen molar-refractivity contribution in [2.24, 2.45) is 5.92 Å². The van der Waals surface area contributed by atoms with E-state index in [1.807, 2.05) is 38.1 Å². The number of benzene rings is 2. The van der Waals surface area contributed by atoms with E-state index >= 15 is 0 Å².